The maximum atomic E-state index is 10.7. The van der Waals surface area contributed by atoms with E-state index in [1.807, 2.05) is 0 Å². The van der Waals surface area contributed by atoms with Crippen LogP contribution in [0.15, 0.2) is 0 Å². The van der Waals surface area contributed by atoms with E-state index in [1.165, 1.54) is 13.8 Å². The van der Waals surface area contributed by atoms with E-state index in [0.29, 0.717) is 13.0 Å². The Bertz CT molecular complexity index is 201. The number of hydrogen-bond donors (Lipinski definition) is 0. The van der Waals surface area contributed by atoms with Crippen LogP contribution in [-0.4, -0.2) is 30.9 Å². The Kier molecular flexibility index (Phi) is 3.88. The summed E-state index contributed by atoms with van der Waals surface area (Å²) >= 11 is 0. The summed E-state index contributed by atoms with van der Waals surface area (Å²) in [7, 11) is 0. The molecular formula is C9H14O5. The Morgan fingerprint density at radius 3 is 2.43 bits per heavy atom. The highest BCUT2D eigenvalue weighted by Crippen LogP contribution is 2.18. The largest absolute Gasteiger partial charge is 0.456 e. The quantitative estimate of drug-likeness (QED) is 0.614. The molecule has 0 amide bonds. The first kappa shape index (κ1) is 11.0. The predicted octanol–water partition coefficient (Wildman–Crippen LogP) is 0.618. The Labute approximate surface area is 82.3 Å². The van der Waals surface area contributed by atoms with Gasteiger partial charge in [0.05, 0.1) is 6.61 Å². The van der Waals surface area contributed by atoms with Crippen molar-refractivity contribution < 1.29 is 23.8 Å². The number of carbonyl (C=O) groups is 2. The zero-order valence-corrected chi connectivity index (χ0v) is 8.32. The fraction of sp³-hybridized carbons (Fsp3) is 0.778. The van der Waals surface area contributed by atoms with Gasteiger partial charge < -0.3 is 14.2 Å². The van der Waals surface area contributed by atoms with E-state index in [0.717, 1.165) is 6.42 Å². The highest BCUT2D eigenvalue weighted by atomic mass is 16.7. The molecule has 1 saturated heterocycles. The van der Waals surface area contributed by atoms with Gasteiger partial charge in [-0.25, -0.2) is 0 Å². The van der Waals surface area contributed by atoms with Crippen LogP contribution >= 0.6 is 0 Å². The maximum Gasteiger partial charge on any atom is 0.305 e. The lowest BCUT2D eigenvalue weighted by molar-refractivity contribution is -0.223. The molecule has 1 aliphatic rings. The van der Waals surface area contributed by atoms with Crippen molar-refractivity contribution in [3.05, 3.63) is 0 Å². The highest BCUT2D eigenvalue weighted by Gasteiger charge is 2.30. The minimum Gasteiger partial charge on any atom is -0.456 e. The normalized spacial score (nSPS) is 26.7. The van der Waals surface area contributed by atoms with E-state index in [2.05, 4.69) is 0 Å². The summed E-state index contributed by atoms with van der Waals surface area (Å²) in [6, 6.07) is 0. The molecular weight excluding hydrogens is 188 g/mol. The van der Waals surface area contributed by atoms with Gasteiger partial charge in [-0.05, 0) is 12.8 Å². The molecule has 0 bridgehead atoms. The second-order valence-electron chi connectivity index (χ2n) is 3.14. The van der Waals surface area contributed by atoms with Crippen LogP contribution in [-0.2, 0) is 23.8 Å². The van der Waals surface area contributed by atoms with Crippen molar-refractivity contribution in [1.29, 1.82) is 0 Å². The van der Waals surface area contributed by atoms with Crippen LogP contribution in [0.25, 0.3) is 0 Å². The fourth-order valence-electron chi connectivity index (χ4n) is 1.33. The van der Waals surface area contributed by atoms with Crippen LogP contribution in [0, 0.1) is 0 Å². The summed E-state index contributed by atoms with van der Waals surface area (Å²) in [5, 5.41) is 0. The van der Waals surface area contributed by atoms with Crippen molar-refractivity contribution in [2.45, 2.75) is 39.1 Å². The molecule has 0 spiro atoms. The van der Waals surface area contributed by atoms with Crippen molar-refractivity contribution in [3.8, 4) is 0 Å². The molecule has 0 radical (unpaired) electrons. The summed E-state index contributed by atoms with van der Waals surface area (Å²) in [4.78, 5) is 21.4. The van der Waals surface area contributed by atoms with Gasteiger partial charge in [-0.2, -0.15) is 0 Å². The van der Waals surface area contributed by atoms with E-state index < -0.39 is 24.3 Å². The summed E-state index contributed by atoms with van der Waals surface area (Å²) in [5.41, 5.74) is 0. The standard InChI is InChI=1S/C9H14O5/c1-6(10)13-8-4-3-5-12-9(8)14-7(2)11/h8-9H,3-5H2,1-2H3/t8-,9?/m1/s1. The first-order valence-corrected chi connectivity index (χ1v) is 4.55. The molecule has 0 aromatic heterocycles. The van der Waals surface area contributed by atoms with Crippen LogP contribution in [0.1, 0.15) is 26.7 Å². The maximum absolute atomic E-state index is 10.7. The molecule has 5 heteroatoms. The average molecular weight is 202 g/mol. The summed E-state index contributed by atoms with van der Waals surface area (Å²) in [6.45, 7) is 3.14. The first-order chi connectivity index (χ1) is 6.59. The minimum atomic E-state index is -0.745. The van der Waals surface area contributed by atoms with Crippen molar-refractivity contribution >= 4 is 11.9 Å². The first-order valence-electron chi connectivity index (χ1n) is 4.55. The molecule has 80 valence electrons. The summed E-state index contributed by atoms with van der Waals surface area (Å²) in [6.07, 6.45) is 0.253. The smallest absolute Gasteiger partial charge is 0.305 e. The lowest BCUT2D eigenvalue weighted by Crippen LogP contribution is -2.40. The Hall–Kier alpha value is -1.10. The van der Waals surface area contributed by atoms with Crippen LogP contribution in [0.3, 0.4) is 0 Å². The van der Waals surface area contributed by atoms with Crippen molar-refractivity contribution in [2.75, 3.05) is 6.61 Å². The Balaban J connectivity index is 2.49. The van der Waals surface area contributed by atoms with Crippen LogP contribution in [0.2, 0.25) is 0 Å². The third-order valence-electron chi connectivity index (χ3n) is 1.82. The molecule has 5 nitrogen and oxygen atoms in total. The third kappa shape index (κ3) is 3.33. The van der Waals surface area contributed by atoms with E-state index >= 15 is 0 Å². The number of ether oxygens (including phenoxy) is 3. The van der Waals surface area contributed by atoms with Gasteiger partial charge in [0.15, 0.2) is 6.10 Å². The van der Waals surface area contributed by atoms with Gasteiger partial charge in [0, 0.05) is 13.8 Å². The molecule has 2 atom stereocenters. The highest BCUT2D eigenvalue weighted by molar-refractivity contribution is 5.67. The van der Waals surface area contributed by atoms with Crippen LogP contribution in [0.4, 0.5) is 0 Å². The van der Waals surface area contributed by atoms with Gasteiger partial charge in [-0.15, -0.1) is 0 Å². The van der Waals surface area contributed by atoms with Crippen molar-refractivity contribution in [1.82, 2.24) is 0 Å². The van der Waals surface area contributed by atoms with Crippen molar-refractivity contribution in [3.63, 3.8) is 0 Å². The predicted molar refractivity (Wildman–Crippen MR) is 46.3 cm³/mol. The van der Waals surface area contributed by atoms with Gasteiger partial charge in [-0.1, -0.05) is 0 Å². The molecule has 0 saturated carbocycles. The Morgan fingerprint density at radius 1 is 1.21 bits per heavy atom. The number of rotatable bonds is 2. The molecule has 1 heterocycles. The van der Waals surface area contributed by atoms with E-state index in [4.69, 9.17) is 14.2 Å². The number of hydrogen-bond acceptors (Lipinski definition) is 5. The Morgan fingerprint density at radius 2 is 1.86 bits per heavy atom. The summed E-state index contributed by atoms with van der Waals surface area (Å²) < 4.78 is 15.0. The third-order valence-corrected chi connectivity index (χ3v) is 1.82. The molecule has 0 aliphatic carbocycles. The van der Waals surface area contributed by atoms with Gasteiger partial charge in [0.25, 0.3) is 0 Å². The fourth-order valence-corrected chi connectivity index (χ4v) is 1.33. The molecule has 0 aromatic rings. The number of carbonyl (C=O) groups excluding carboxylic acids is 2. The second kappa shape index (κ2) is 4.95. The zero-order chi connectivity index (χ0) is 10.6. The van der Waals surface area contributed by atoms with E-state index in [-0.39, 0.29) is 0 Å². The topological polar surface area (TPSA) is 61.8 Å². The molecule has 0 aromatic carbocycles. The lowest BCUT2D eigenvalue weighted by Gasteiger charge is -2.29. The van der Waals surface area contributed by atoms with Crippen molar-refractivity contribution in [2.24, 2.45) is 0 Å². The second-order valence-corrected chi connectivity index (χ2v) is 3.14. The van der Waals surface area contributed by atoms with Gasteiger partial charge in [-0.3, -0.25) is 9.59 Å². The zero-order valence-electron chi connectivity index (χ0n) is 8.32. The number of esters is 2. The summed E-state index contributed by atoms with van der Waals surface area (Å²) in [5.74, 6) is -0.827. The van der Waals surface area contributed by atoms with Gasteiger partial charge in [0.2, 0.25) is 6.29 Å². The van der Waals surface area contributed by atoms with Crippen LogP contribution < -0.4 is 0 Å². The van der Waals surface area contributed by atoms with Crippen LogP contribution in [0.5, 0.6) is 0 Å². The van der Waals surface area contributed by atoms with E-state index in [1.54, 1.807) is 0 Å². The minimum absolute atomic E-state index is 0.391. The molecule has 1 aliphatic heterocycles. The molecule has 0 N–H and O–H groups in total. The molecule has 1 fully saturated rings. The SMILES string of the molecule is CC(=O)OC1OCCC[C@H]1OC(C)=O. The van der Waals surface area contributed by atoms with Gasteiger partial charge in [0.1, 0.15) is 0 Å². The van der Waals surface area contributed by atoms with E-state index in [9.17, 15) is 9.59 Å². The molecule has 1 rings (SSSR count). The van der Waals surface area contributed by atoms with Gasteiger partial charge >= 0.3 is 11.9 Å². The monoisotopic (exact) mass is 202 g/mol. The molecule has 14 heavy (non-hydrogen) atoms. The molecule has 1 unspecified atom stereocenters. The lowest BCUT2D eigenvalue weighted by atomic mass is 10.1. The average Bonchev–Trinajstić information content (AvgIpc) is 2.06.